The molecular formula is C25H33N3O. The van der Waals surface area contributed by atoms with Gasteiger partial charge in [-0.05, 0) is 82.1 Å². The molecule has 154 valence electrons. The van der Waals surface area contributed by atoms with Gasteiger partial charge in [-0.15, -0.1) is 0 Å². The van der Waals surface area contributed by atoms with Gasteiger partial charge in [0.2, 0.25) is 0 Å². The molecule has 1 fully saturated rings. The van der Waals surface area contributed by atoms with Crippen LogP contribution in [0.2, 0.25) is 0 Å². The highest BCUT2D eigenvalue weighted by molar-refractivity contribution is 5.76. The lowest BCUT2D eigenvalue weighted by molar-refractivity contribution is 0.204. The molecule has 4 rings (SSSR count). The number of aromatic nitrogens is 2. The van der Waals surface area contributed by atoms with E-state index in [4.69, 9.17) is 9.72 Å². The van der Waals surface area contributed by atoms with Gasteiger partial charge in [-0.3, -0.25) is 4.90 Å². The van der Waals surface area contributed by atoms with Gasteiger partial charge in [0.1, 0.15) is 18.2 Å². The van der Waals surface area contributed by atoms with E-state index in [9.17, 15) is 0 Å². The zero-order valence-electron chi connectivity index (χ0n) is 18.0. The monoisotopic (exact) mass is 391 g/mol. The first-order chi connectivity index (χ1) is 14.1. The van der Waals surface area contributed by atoms with Crippen LogP contribution in [0.1, 0.15) is 55.6 Å². The van der Waals surface area contributed by atoms with Crippen LogP contribution in [-0.4, -0.2) is 34.1 Å². The van der Waals surface area contributed by atoms with Crippen molar-refractivity contribution in [2.45, 2.75) is 59.0 Å². The number of aryl methyl sites for hydroxylation is 2. The molecule has 0 aliphatic carbocycles. The van der Waals surface area contributed by atoms with E-state index in [0.717, 1.165) is 23.6 Å². The Kier molecular flexibility index (Phi) is 6.19. The lowest BCUT2D eigenvalue weighted by Crippen LogP contribution is -2.30. The summed E-state index contributed by atoms with van der Waals surface area (Å²) in [4.78, 5) is 7.64. The van der Waals surface area contributed by atoms with Crippen molar-refractivity contribution in [2.75, 3.05) is 19.7 Å². The number of imidazole rings is 1. The van der Waals surface area contributed by atoms with Crippen molar-refractivity contribution in [3.05, 3.63) is 59.4 Å². The fourth-order valence-corrected chi connectivity index (χ4v) is 4.56. The van der Waals surface area contributed by atoms with Crippen LogP contribution in [0.4, 0.5) is 0 Å². The summed E-state index contributed by atoms with van der Waals surface area (Å²) in [6.45, 7) is 10.3. The van der Waals surface area contributed by atoms with Crippen molar-refractivity contribution in [3.63, 3.8) is 0 Å². The molecule has 0 saturated carbocycles. The van der Waals surface area contributed by atoms with Crippen molar-refractivity contribution in [2.24, 2.45) is 0 Å². The SMILES string of the molecule is Cc1cc(C)cc(OCCn2c(C(C)N3CCCCCC3)nc3ccccc32)c1. The van der Waals surface area contributed by atoms with Crippen molar-refractivity contribution >= 4 is 11.0 Å². The standard InChI is InChI=1S/C25H33N3O/c1-19-16-20(2)18-22(17-19)29-15-14-28-24-11-7-6-10-23(24)26-25(28)21(3)27-12-8-4-5-9-13-27/h6-7,10-11,16-18,21H,4-5,8-9,12-15H2,1-3H3. The van der Waals surface area contributed by atoms with Crippen LogP contribution >= 0.6 is 0 Å². The molecular weight excluding hydrogens is 358 g/mol. The van der Waals surface area contributed by atoms with Gasteiger partial charge < -0.3 is 9.30 Å². The molecule has 0 spiro atoms. The number of hydrogen-bond donors (Lipinski definition) is 0. The fourth-order valence-electron chi connectivity index (χ4n) is 4.56. The minimum Gasteiger partial charge on any atom is -0.492 e. The van der Waals surface area contributed by atoms with E-state index in [2.05, 4.69) is 72.7 Å². The van der Waals surface area contributed by atoms with Gasteiger partial charge in [0.15, 0.2) is 0 Å². The third-order valence-corrected chi connectivity index (χ3v) is 6.02. The molecule has 0 bridgehead atoms. The Labute approximate surface area is 174 Å². The maximum absolute atomic E-state index is 6.13. The molecule has 1 atom stereocenters. The molecule has 1 saturated heterocycles. The van der Waals surface area contributed by atoms with Crippen LogP contribution in [0.25, 0.3) is 11.0 Å². The average molecular weight is 392 g/mol. The average Bonchev–Trinajstić information content (AvgIpc) is 2.87. The molecule has 4 nitrogen and oxygen atoms in total. The Morgan fingerprint density at radius 2 is 1.66 bits per heavy atom. The minimum atomic E-state index is 0.321. The van der Waals surface area contributed by atoms with Crippen LogP contribution < -0.4 is 4.74 Å². The summed E-state index contributed by atoms with van der Waals surface area (Å²) in [5.41, 5.74) is 4.76. The fraction of sp³-hybridized carbons (Fsp3) is 0.480. The molecule has 0 radical (unpaired) electrons. The zero-order valence-corrected chi connectivity index (χ0v) is 18.0. The first kappa shape index (κ1) is 20.0. The number of ether oxygens (including phenoxy) is 1. The van der Waals surface area contributed by atoms with E-state index in [1.807, 2.05) is 0 Å². The molecule has 1 aliphatic rings. The molecule has 1 aliphatic heterocycles. The van der Waals surface area contributed by atoms with Crippen LogP contribution in [0, 0.1) is 13.8 Å². The number of likely N-dealkylation sites (tertiary alicyclic amines) is 1. The maximum atomic E-state index is 6.13. The number of rotatable bonds is 6. The van der Waals surface area contributed by atoms with Gasteiger partial charge in [0.25, 0.3) is 0 Å². The molecule has 3 aromatic rings. The summed E-state index contributed by atoms with van der Waals surface area (Å²) in [6, 6.07) is 15.2. The second-order valence-electron chi connectivity index (χ2n) is 8.41. The van der Waals surface area contributed by atoms with Crippen molar-refractivity contribution in [1.29, 1.82) is 0 Å². The Hall–Kier alpha value is -2.33. The maximum Gasteiger partial charge on any atom is 0.127 e. The molecule has 4 heteroatoms. The molecule has 2 aromatic carbocycles. The third-order valence-electron chi connectivity index (χ3n) is 6.02. The van der Waals surface area contributed by atoms with Crippen LogP contribution in [0.3, 0.4) is 0 Å². The van der Waals surface area contributed by atoms with Crippen molar-refractivity contribution in [3.8, 4) is 5.75 Å². The zero-order chi connectivity index (χ0) is 20.2. The normalized spacial score (nSPS) is 16.7. The van der Waals surface area contributed by atoms with E-state index in [1.165, 1.54) is 55.4 Å². The summed E-state index contributed by atoms with van der Waals surface area (Å²) in [7, 11) is 0. The second-order valence-corrected chi connectivity index (χ2v) is 8.41. The first-order valence-corrected chi connectivity index (χ1v) is 11.0. The van der Waals surface area contributed by atoms with Gasteiger partial charge >= 0.3 is 0 Å². The summed E-state index contributed by atoms with van der Waals surface area (Å²) in [5.74, 6) is 2.12. The predicted molar refractivity (Wildman–Crippen MR) is 120 cm³/mol. The van der Waals surface area contributed by atoms with Crippen LogP contribution in [0.15, 0.2) is 42.5 Å². The molecule has 2 heterocycles. The largest absolute Gasteiger partial charge is 0.492 e. The Morgan fingerprint density at radius 3 is 2.38 bits per heavy atom. The topological polar surface area (TPSA) is 30.3 Å². The van der Waals surface area contributed by atoms with E-state index in [1.54, 1.807) is 0 Å². The Morgan fingerprint density at radius 1 is 0.966 bits per heavy atom. The molecule has 0 amide bonds. The van der Waals surface area contributed by atoms with E-state index < -0.39 is 0 Å². The van der Waals surface area contributed by atoms with Gasteiger partial charge in [0, 0.05) is 0 Å². The van der Waals surface area contributed by atoms with Crippen molar-refractivity contribution in [1.82, 2.24) is 14.5 Å². The number of nitrogens with zero attached hydrogens (tertiary/aromatic N) is 3. The molecule has 29 heavy (non-hydrogen) atoms. The summed E-state index contributed by atoms with van der Waals surface area (Å²) in [6.07, 6.45) is 5.29. The lowest BCUT2D eigenvalue weighted by atomic mass is 10.1. The Balaban J connectivity index is 1.56. The van der Waals surface area contributed by atoms with Gasteiger partial charge in [-0.2, -0.15) is 0 Å². The second kappa shape index (κ2) is 9.00. The van der Waals surface area contributed by atoms with Gasteiger partial charge in [-0.25, -0.2) is 4.98 Å². The number of hydrogen-bond acceptors (Lipinski definition) is 3. The summed E-state index contributed by atoms with van der Waals surface area (Å²) in [5, 5.41) is 0. The Bertz CT molecular complexity index is 934. The van der Waals surface area contributed by atoms with Crippen LogP contribution in [0.5, 0.6) is 5.75 Å². The molecule has 0 N–H and O–H groups in total. The molecule has 1 unspecified atom stereocenters. The summed E-state index contributed by atoms with van der Waals surface area (Å²) >= 11 is 0. The van der Waals surface area contributed by atoms with E-state index in [0.29, 0.717) is 12.6 Å². The summed E-state index contributed by atoms with van der Waals surface area (Å²) < 4.78 is 8.50. The highest BCUT2D eigenvalue weighted by Crippen LogP contribution is 2.27. The number of para-hydroxylation sites is 2. The minimum absolute atomic E-state index is 0.321. The highest BCUT2D eigenvalue weighted by Gasteiger charge is 2.23. The van der Waals surface area contributed by atoms with Gasteiger partial charge in [-0.1, -0.05) is 31.0 Å². The first-order valence-electron chi connectivity index (χ1n) is 11.0. The highest BCUT2D eigenvalue weighted by atomic mass is 16.5. The third kappa shape index (κ3) is 4.64. The van der Waals surface area contributed by atoms with E-state index >= 15 is 0 Å². The smallest absolute Gasteiger partial charge is 0.127 e. The van der Waals surface area contributed by atoms with Gasteiger partial charge in [0.05, 0.1) is 23.6 Å². The molecule has 1 aromatic heterocycles. The van der Waals surface area contributed by atoms with Crippen LogP contribution in [-0.2, 0) is 6.54 Å². The lowest BCUT2D eigenvalue weighted by Gasteiger charge is -2.27. The van der Waals surface area contributed by atoms with E-state index in [-0.39, 0.29) is 0 Å². The number of benzene rings is 2. The quantitative estimate of drug-likeness (QED) is 0.542. The number of fused-ring (bicyclic) bond motifs is 1. The van der Waals surface area contributed by atoms with Crippen molar-refractivity contribution < 1.29 is 4.74 Å². The predicted octanol–water partition coefficient (Wildman–Crippen LogP) is 5.67.